The summed E-state index contributed by atoms with van der Waals surface area (Å²) < 4.78 is 1.83. The zero-order valence-corrected chi connectivity index (χ0v) is 27.8. The molecule has 244 valence electrons. The maximum absolute atomic E-state index is 14.0. The minimum absolute atomic E-state index is 0.316. The van der Waals surface area contributed by atoms with Crippen LogP contribution in [0.3, 0.4) is 0 Å². The van der Waals surface area contributed by atoms with Gasteiger partial charge in [-0.2, -0.15) is 0 Å². The van der Waals surface area contributed by atoms with Crippen LogP contribution in [0.2, 0.25) is 0 Å². The summed E-state index contributed by atoms with van der Waals surface area (Å²) in [5.74, 6) is -1.82. The number of imide groups is 2. The normalized spacial score (nSPS) is 20.0. The summed E-state index contributed by atoms with van der Waals surface area (Å²) in [6, 6.07) is 22.2. The number of hydrogen-bond donors (Lipinski definition) is 0. The Morgan fingerprint density at radius 1 is 0.438 bits per heavy atom. The largest absolute Gasteiger partial charge is 0.291 e. The van der Waals surface area contributed by atoms with Gasteiger partial charge in [-0.1, -0.05) is 0 Å². The first-order valence-corrected chi connectivity index (χ1v) is 17.6. The van der Waals surface area contributed by atoms with Gasteiger partial charge in [0.05, 0.1) is 50.6 Å². The van der Waals surface area contributed by atoms with E-state index in [1.165, 1.54) is 59.7 Å². The molecule has 4 aliphatic heterocycles. The van der Waals surface area contributed by atoms with E-state index in [0.717, 1.165) is 48.2 Å². The molecular weight excluding hydrogens is 600 g/mol. The van der Waals surface area contributed by atoms with Gasteiger partial charge in [0.2, 0.25) is 0 Å². The van der Waals surface area contributed by atoms with Crippen LogP contribution in [0.4, 0.5) is 22.7 Å². The number of piperidine rings is 2. The maximum atomic E-state index is 14.0. The molecular formula is C40H42N4O4+2. The standard InChI is InChI=1S/C40H42N4O4/c1-3-43(23-7-5-8-24-43)29-15-11-27(12-16-29)41-37(45)31-19-21-33-36-34(22-20-32(35(31)36)38(41)46)40(48)42(39(33)47)28-13-17-30(18-14-28)44(4-2)25-9-6-10-26-44/h11-22H,3-10,23-26H2,1-2H3/q+2. The number of quaternary nitrogens is 2. The number of rotatable bonds is 6. The molecule has 48 heavy (non-hydrogen) atoms. The molecule has 0 saturated carbocycles. The molecule has 0 radical (unpaired) electrons. The van der Waals surface area contributed by atoms with Crippen molar-refractivity contribution in [3.8, 4) is 0 Å². The van der Waals surface area contributed by atoms with Crippen LogP contribution in [-0.2, 0) is 0 Å². The fraction of sp³-hybridized carbons (Fsp3) is 0.350. The van der Waals surface area contributed by atoms with Crippen molar-refractivity contribution in [2.24, 2.45) is 0 Å². The van der Waals surface area contributed by atoms with Crippen LogP contribution >= 0.6 is 0 Å². The van der Waals surface area contributed by atoms with Gasteiger partial charge in [0.1, 0.15) is 11.4 Å². The summed E-state index contributed by atoms with van der Waals surface area (Å²) in [5, 5.41) is 0.765. The molecule has 0 atom stereocenters. The molecule has 4 amide bonds. The molecule has 0 unspecified atom stereocenters. The van der Waals surface area contributed by atoms with Gasteiger partial charge in [0.25, 0.3) is 23.6 Å². The third-order valence-corrected chi connectivity index (χ3v) is 11.8. The molecule has 0 aliphatic carbocycles. The molecule has 0 bridgehead atoms. The number of carbonyl (C=O) groups is 4. The van der Waals surface area contributed by atoms with Gasteiger partial charge in [-0.15, -0.1) is 0 Å². The molecule has 0 spiro atoms. The second-order valence-corrected chi connectivity index (χ2v) is 13.9. The minimum atomic E-state index is -0.454. The van der Waals surface area contributed by atoms with Crippen molar-refractivity contribution >= 4 is 57.2 Å². The number of anilines is 2. The quantitative estimate of drug-likeness (QED) is 0.162. The molecule has 4 aliphatic rings. The summed E-state index contributed by atoms with van der Waals surface area (Å²) in [6.07, 6.45) is 7.28. The summed E-state index contributed by atoms with van der Waals surface area (Å²) >= 11 is 0. The van der Waals surface area contributed by atoms with E-state index in [-0.39, 0.29) is 0 Å². The van der Waals surface area contributed by atoms with Gasteiger partial charge in [0, 0.05) is 57.3 Å². The molecule has 8 rings (SSSR count). The van der Waals surface area contributed by atoms with Crippen LogP contribution in [0.1, 0.15) is 93.8 Å². The zero-order valence-electron chi connectivity index (χ0n) is 27.8. The van der Waals surface area contributed by atoms with Crippen molar-refractivity contribution in [3.63, 3.8) is 0 Å². The molecule has 8 heteroatoms. The van der Waals surface area contributed by atoms with Crippen molar-refractivity contribution in [1.29, 1.82) is 0 Å². The third kappa shape index (κ3) is 4.42. The van der Waals surface area contributed by atoms with Gasteiger partial charge in [-0.05, 0) is 101 Å². The number of benzene rings is 4. The summed E-state index contributed by atoms with van der Waals surface area (Å²) in [7, 11) is 0. The zero-order chi connectivity index (χ0) is 33.2. The van der Waals surface area contributed by atoms with E-state index < -0.39 is 23.6 Å². The Kier molecular flexibility index (Phi) is 7.34. The lowest BCUT2D eigenvalue weighted by molar-refractivity contribution is 0.0873. The summed E-state index contributed by atoms with van der Waals surface area (Å²) in [6.45, 7) is 10.8. The minimum Gasteiger partial charge on any atom is -0.291 e. The lowest BCUT2D eigenvalue weighted by Crippen LogP contribution is -2.52. The van der Waals surface area contributed by atoms with E-state index in [1.807, 2.05) is 24.3 Å². The van der Waals surface area contributed by atoms with Crippen molar-refractivity contribution in [1.82, 2.24) is 8.97 Å². The number of hydrogen-bond acceptors (Lipinski definition) is 4. The maximum Gasteiger partial charge on any atom is 0.265 e. The lowest BCUT2D eigenvalue weighted by Gasteiger charge is -2.40. The van der Waals surface area contributed by atoms with Gasteiger partial charge in [-0.3, -0.25) is 28.1 Å². The highest BCUT2D eigenvalue weighted by atomic mass is 16.2. The number of nitrogens with zero attached hydrogens (tertiary/aromatic N) is 4. The van der Waals surface area contributed by atoms with Crippen LogP contribution in [0.15, 0.2) is 72.8 Å². The number of carbonyl (C=O) groups excluding carboxylic acids is 4. The number of likely N-dealkylation sites (tertiary alicyclic amines) is 2. The summed E-state index contributed by atoms with van der Waals surface area (Å²) in [4.78, 5) is 58.6. The van der Waals surface area contributed by atoms with Crippen molar-refractivity contribution in [3.05, 3.63) is 95.1 Å². The van der Waals surface area contributed by atoms with E-state index in [2.05, 4.69) is 38.1 Å². The Morgan fingerprint density at radius 3 is 1.00 bits per heavy atom. The van der Waals surface area contributed by atoms with Crippen molar-refractivity contribution in [2.45, 2.75) is 52.4 Å². The molecule has 8 nitrogen and oxygen atoms in total. The van der Waals surface area contributed by atoms with Crippen molar-refractivity contribution < 1.29 is 19.2 Å². The Balaban J connectivity index is 1.13. The Bertz CT molecular complexity index is 1770. The van der Waals surface area contributed by atoms with E-state index in [9.17, 15) is 19.2 Å². The predicted octanol–water partition coefficient (Wildman–Crippen LogP) is 7.46. The van der Waals surface area contributed by atoms with Crippen molar-refractivity contribution in [2.75, 3.05) is 49.1 Å². The fourth-order valence-corrected chi connectivity index (χ4v) is 8.93. The Hall–Kier alpha value is -4.66. The average molecular weight is 643 g/mol. The lowest BCUT2D eigenvalue weighted by atomic mass is 9.85. The highest BCUT2D eigenvalue weighted by molar-refractivity contribution is 6.42. The van der Waals surface area contributed by atoms with E-state index in [0.29, 0.717) is 44.4 Å². The Labute approximate surface area is 281 Å². The van der Waals surface area contributed by atoms with Crippen LogP contribution < -0.4 is 18.8 Å². The molecule has 4 heterocycles. The first-order valence-electron chi connectivity index (χ1n) is 17.6. The summed E-state index contributed by atoms with van der Waals surface area (Å²) in [5.41, 5.74) is 4.69. The monoisotopic (exact) mass is 642 g/mol. The van der Waals surface area contributed by atoms with Gasteiger partial charge in [0.15, 0.2) is 0 Å². The highest BCUT2D eigenvalue weighted by Crippen LogP contribution is 2.41. The second-order valence-electron chi connectivity index (χ2n) is 13.9. The number of amides is 4. The first kappa shape index (κ1) is 30.7. The predicted molar refractivity (Wildman–Crippen MR) is 191 cm³/mol. The molecule has 4 aromatic carbocycles. The smallest absolute Gasteiger partial charge is 0.265 e. The third-order valence-electron chi connectivity index (χ3n) is 11.8. The fourth-order valence-electron chi connectivity index (χ4n) is 8.93. The van der Waals surface area contributed by atoms with Gasteiger partial charge < -0.3 is 0 Å². The van der Waals surface area contributed by atoms with Crippen LogP contribution in [-0.4, -0.2) is 62.9 Å². The first-order chi connectivity index (χ1) is 23.3. The van der Waals surface area contributed by atoms with Gasteiger partial charge >= 0.3 is 0 Å². The van der Waals surface area contributed by atoms with Gasteiger partial charge in [-0.25, -0.2) is 9.80 Å². The van der Waals surface area contributed by atoms with Crippen LogP contribution in [0.25, 0.3) is 10.8 Å². The van der Waals surface area contributed by atoms with E-state index in [1.54, 1.807) is 24.3 Å². The molecule has 2 fully saturated rings. The topological polar surface area (TPSA) is 74.8 Å². The van der Waals surface area contributed by atoms with E-state index >= 15 is 0 Å². The van der Waals surface area contributed by atoms with Crippen LogP contribution in [0.5, 0.6) is 0 Å². The van der Waals surface area contributed by atoms with E-state index in [4.69, 9.17) is 0 Å². The van der Waals surface area contributed by atoms with Crippen LogP contribution in [0, 0.1) is 0 Å². The molecule has 2 saturated heterocycles. The highest BCUT2D eigenvalue weighted by Gasteiger charge is 2.41. The average Bonchev–Trinajstić information content (AvgIpc) is 3.14. The SMILES string of the molecule is CC[N+]1(c2ccc(N3C(=O)c4ccc5c6c(ccc(c46)C3=O)C(=O)N(c3ccc([N+]4(CC)CCCCC4)cc3)C5=O)cc2)CCCCC1. The second kappa shape index (κ2) is 11.5. The molecule has 0 aromatic heterocycles. The molecule has 0 N–H and O–H groups in total. The molecule has 4 aromatic rings. The Morgan fingerprint density at radius 2 is 0.729 bits per heavy atom.